The van der Waals surface area contributed by atoms with Crippen molar-refractivity contribution < 1.29 is 9.59 Å². The first-order valence-corrected chi connectivity index (χ1v) is 13.2. The van der Waals surface area contributed by atoms with Gasteiger partial charge in [0.2, 0.25) is 11.5 Å². The Morgan fingerprint density at radius 3 is 2.13 bits per heavy atom. The summed E-state index contributed by atoms with van der Waals surface area (Å²) in [7, 11) is 0. The molecular formula is C32H36N4O2. The Kier molecular flexibility index (Phi) is 6.17. The molecule has 1 aliphatic heterocycles. The summed E-state index contributed by atoms with van der Waals surface area (Å²) in [6.07, 6.45) is 0. The maximum Gasteiger partial charge on any atom is 0.223 e. The van der Waals surface area contributed by atoms with Gasteiger partial charge in [0.05, 0.1) is 29.8 Å². The molecule has 5 rings (SSSR count). The van der Waals surface area contributed by atoms with E-state index in [1.807, 2.05) is 76.2 Å². The van der Waals surface area contributed by atoms with Crippen molar-refractivity contribution in [2.75, 3.05) is 11.4 Å². The summed E-state index contributed by atoms with van der Waals surface area (Å²) in [5, 5.41) is 9.01. The van der Waals surface area contributed by atoms with Gasteiger partial charge in [0.1, 0.15) is 0 Å². The molecular weight excluding hydrogens is 472 g/mol. The van der Waals surface area contributed by atoms with Crippen molar-refractivity contribution in [2.24, 2.45) is 0 Å². The lowest BCUT2D eigenvalue weighted by Crippen LogP contribution is -2.33. The first-order valence-electron chi connectivity index (χ1n) is 13.2. The molecule has 1 aliphatic rings. The molecule has 0 aliphatic carbocycles. The van der Waals surface area contributed by atoms with Crippen LogP contribution in [0.2, 0.25) is 0 Å². The van der Waals surface area contributed by atoms with Gasteiger partial charge in [-0.3, -0.25) is 15.0 Å². The highest BCUT2D eigenvalue weighted by atomic mass is 16.2. The zero-order valence-electron chi connectivity index (χ0n) is 23.1. The lowest BCUT2D eigenvalue weighted by Gasteiger charge is -2.27. The molecule has 0 unspecified atom stereocenters. The predicted octanol–water partition coefficient (Wildman–Crippen LogP) is 5.80. The predicted molar refractivity (Wildman–Crippen MR) is 152 cm³/mol. The van der Waals surface area contributed by atoms with Gasteiger partial charge in [-0.05, 0) is 46.4 Å². The monoisotopic (exact) mass is 508 g/mol. The van der Waals surface area contributed by atoms with Crippen LogP contribution in [0.25, 0.3) is 11.0 Å². The SMILES string of the molecule is CC(=O)N1CC(C)(C)c2cc(C(=O)Cn3c(=N)n(Cc4ccccc4)c4ccccc43)cc(C(C)(C)C)c21. The highest BCUT2D eigenvalue weighted by molar-refractivity contribution is 6.01. The number of Topliss-reactive ketones (excluding diaryl/α,β-unsaturated/α-hetero) is 1. The number of amides is 1. The number of hydrogen-bond acceptors (Lipinski definition) is 3. The van der Waals surface area contributed by atoms with Crippen molar-refractivity contribution in [3.63, 3.8) is 0 Å². The van der Waals surface area contributed by atoms with Gasteiger partial charge >= 0.3 is 0 Å². The molecule has 0 saturated carbocycles. The van der Waals surface area contributed by atoms with E-state index in [1.54, 1.807) is 11.5 Å². The third-order valence-electron chi connectivity index (χ3n) is 7.63. The maximum absolute atomic E-state index is 13.9. The summed E-state index contributed by atoms with van der Waals surface area (Å²) in [5.41, 5.74) is 6.27. The van der Waals surface area contributed by atoms with E-state index in [-0.39, 0.29) is 29.1 Å². The van der Waals surface area contributed by atoms with Crippen LogP contribution in [0.3, 0.4) is 0 Å². The molecule has 1 N–H and O–H groups in total. The van der Waals surface area contributed by atoms with Crippen molar-refractivity contribution in [1.82, 2.24) is 9.13 Å². The summed E-state index contributed by atoms with van der Waals surface area (Å²) in [6, 6.07) is 21.9. The van der Waals surface area contributed by atoms with E-state index in [0.717, 1.165) is 33.4 Å². The van der Waals surface area contributed by atoms with Crippen molar-refractivity contribution in [3.05, 3.63) is 94.6 Å². The fourth-order valence-electron chi connectivity index (χ4n) is 5.62. The number of fused-ring (bicyclic) bond motifs is 2. The highest BCUT2D eigenvalue weighted by Crippen LogP contribution is 2.46. The molecule has 0 fully saturated rings. The lowest BCUT2D eigenvalue weighted by molar-refractivity contribution is -0.116. The van der Waals surface area contributed by atoms with E-state index in [9.17, 15) is 9.59 Å². The summed E-state index contributed by atoms with van der Waals surface area (Å²) < 4.78 is 3.76. The molecule has 0 saturated heterocycles. The van der Waals surface area contributed by atoms with Crippen molar-refractivity contribution >= 4 is 28.4 Å². The molecule has 6 heteroatoms. The number of ketones is 1. The molecule has 1 amide bonds. The largest absolute Gasteiger partial charge is 0.311 e. The van der Waals surface area contributed by atoms with Crippen LogP contribution in [0.1, 0.15) is 68.6 Å². The van der Waals surface area contributed by atoms with E-state index in [1.165, 1.54) is 0 Å². The molecule has 0 bridgehead atoms. The minimum Gasteiger partial charge on any atom is -0.311 e. The zero-order chi connectivity index (χ0) is 27.4. The number of aromatic nitrogens is 2. The van der Waals surface area contributed by atoms with E-state index >= 15 is 0 Å². The summed E-state index contributed by atoms with van der Waals surface area (Å²) in [4.78, 5) is 28.3. The Hall–Kier alpha value is -3.93. The van der Waals surface area contributed by atoms with Crippen LogP contribution < -0.4 is 10.5 Å². The second kappa shape index (κ2) is 9.12. The van der Waals surface area contributed by atoms with Gasteiger partial charge in [-0.15, -0.1) is 0 Å². The number of nitrogens with zero attached hydrogens (tertiary/aromatic N) is 3. The van der Waals surface area contributed by atoms with Gasteiger partial charge in [0.25, 0.3) is 0 Å². The summed E-state index contributed by atoms with van der Waals surface area (Å²) >= 11 is 0. The number of rotatable bonds is 5. The average Bonchev–Trinajstić information content (AvgIpc) is 3.29. The van der Waals surface area contributed by atoms with Crippen LogP contribution in [-0.4, -0.2) is 27.4 Å². The average molecular weight is 509 g/mol. The Balaban J connectivity index is 1.60. The number of hydrogen-bond donors (Lipinski definition) is 1. The van der Waals surface area contributed by atoms with Crippen LogP contribution in [0.5, 0.6) is 0 Å². The van der Waals surface area contributed by atoms with Crippen molar-refractivity contribution in [3.8, 4) is 0 Å². The third-order valence-corrected chi connectivity index (χ3v) is 7.63. The fourth-order valence-corrected chi connectivity index (χ4v) is 5.62. The van der Waals surface area contributed by atoms with Crippen molar-refractivity contribution in [2.45, 2.75) is 65.5 Å². The Morgan fingerprint density at radius 2 is 1.53 bits per heavy atom. The van der Waals surface area contributed by atoms with E-state index < -0.39 is 0 Å². The van der Waals surface area contributed by atoms with Crippen molar-refractivity contribution in [1.29, 1.82) is 5.41 Å². The third kappa shape index (κ3) is 4.38. The fraction of sp³-hybridized carbons (Fsp3) is 0.344. The standard InChI is InChI=1S/C32H36N4O2/c1-21(37)36-20-32(5,6)25-17-23(16-24(29(25)36)31(2,3)4)28(38)19-35-27-15-11-10-14-26(27)34(30(35)33)18-22-12-8-7-9-13-22/h7-17,33H,18-20H2,1-6H3. The van der Waals surface area contributed by atoms with Gasteiger partial charge in [0.15, 0.2) is 5.78 Å². The molecule has 196 valence electrons. The number of benzene rings is 3. The Bertz CT molecular complexity index is 1620. The molecule has 4 aromatic rings. The van der Waals surface area contributed by atoms with Crippen LogP contribution >= 0.6 is 0 Å². The normalized spacial score (nSPS) is 14.6. The van der Waals surface area contributed by atoms with Crippen LogP contribution in [-0.2, 0) is 28.7 Å². The summed E-state index contributed by atoms with van der Waals surface area (Å²) in [5.74, 6) is -0.0291. The number of imidazole rings is 1. The number of carbonyl (C=O) groups excluding carboxylic acids is 2. The van der Waals surface area contributed by atoms with Crippen LogP contribution in [0, 0.1) is 5.41 Å². The number of anilines is 1. The summed E-state index contributed by atoms with van der Waals surface area (Å²) in [6.45, 7) is 13.4. The lowest BCUT2D eigenvalue weighted by atomic mass is 9.79. The smallest absolute Gasteiger partial charge is 0.223 e. The minimum atomic E-state index is -0.267. The van der Waals surface area contributed by atoms with E-state index in [4.69, 9.17) is 5.41 Å². The number of para-hydroxylation sites is 2. The van der Waals surface area contributed by atoms with E-state index in [0.29, 0.717) is 24.3 Å². The Labute approximate surface area is 224 Å². The van der Waals surface area contributed by atoms with Crippen LogP contribution in [0.15, 0.2) is 66.7 Å². The second-order valence-electron chi connectivity index (χ2n) is 12.1. The molecule has 1 aromatic heterocycles. The molecule has 0 radical (unpaired) electrons. The molecule has 6 nitrogen and oxygen atoms in total. The first-order chi connectivity index (χ1) is 17.9. The topological polar surface area (TPSA) is 71.1 Å². The quantitative estimate of drug-likeness (QED) is 0.346. The molecule has 0 spiro atoms. The van der Waals surface area contributed by atoms with Gasteiger partial charge < -0.3 is 14.0 Å². The van der Waals surface area contributed by atoms with Gasteiger partial charge in [-0.25, -0.2) is 0 Å². The first kappa shape index (κ1) is 25.7. The second-order valence-corrected chi connectivity index (χ2v) is 12.1. The molecule has 3 aromatic carbocycles. The van der Waals surface area contributed by atoms with Gasteiger partial charge in [0, 0.05) is 24.4 Å². The number of carbonyl (C=O) groups is 2. The highest BCUT2D eigenvalue weighted by Gasteiger charge is 2.41. The van der Waals surface area contributed by atoms with Crippen LogP contribution in [0.4, 0.5) is 5.69 Å². The molecule has 2 heterocycles. The zero-order valence-corrected chi connectivity index (χ0v) is 23.1. The molecule has 38 heavy (non-hydrogen) atoms. The van der Waals surface area contributed by atoms with Gasteiger partial charge in [-0.1, -0.05) is 77.1 Å². The minimum absolute atomic E-state index is 0.0158. The Morgan fingerprint density at radius 1 is 0.921 bits per heavy atom. The van der Waals surface area contributed by atoms with E-state index in [2.05, 4.69) is 34.6 Å². The molecule has 0 atom stereocenters. The van der Waals surface area contributed by atoms with Gasteiger partial charge in [-0.2, -0.15) is 0 Å². The maximum atomic E-state index is 13.9. The number of nitrogens with one attached hydrogen (secondary N) is 1.